The molecule has 0 bridgehead atoms. The highest BCUT2D eigenvalue weighted by atomic mass is 35.5. The highest BCUT2D eigenvalue weighted by molar-refractivity contribution is 6.36. The van der Waals surface area contributed by atoms with Crippen LogP contribution in [0.4, 0.5) is 8.78 Å². The van der Waals surface area contributed by atoms with Crippen LogP contribution >= 0.6 is 11.6 Å². The SMILES string of the molecule is O=C(NCC1CCC(F)(F)CC1)c1cn(C2CCCO2)c2cccc(Cl)c12. The van der Waals surface area contributed by atoms with Crippen molar-refractivity contribution in [3.8, 4) is 0 Å². The molecule has 1 aromatic heterocycles. The molecule has 1 N–H and O–H groups in total. The van der Waals surface area contributed by atoms with Gasteiger partial charge in [-0.2, -0.15) is 0 Å². The number of nitrogens with one attached hydrogen (secondary N) is 1. The predicted molar refractivity (Wildman–Crippen MR) is 100 cm³/mol. The van der Waals surface area contributed by atoms with Gasteiger partial charge in [-0.15, -0.1) is 0 Å². The van der Waals surface area contributed by atoms with Crippen molar-refractivity contribution < 1.29 is 18.3 Å². The quantitative estimate of drug-likeness (QED) is 0.775. The summed E-state index contributed by atoms with van der Waals surface area (Å²) in [5, 5.41) is 4.15. The molecule has 1 saturated carbocycles. The van der Waals surface area contributed by atoms with Crippen LogP contribution in [0, 0.1) is 5.92 Å². The molecule has 1 unspecified atom stereocenters. The van der Waals surface area contributed by atoms with Gasteiger partial charge in [-0.3, -0.25) is 4.79 Å². The van der Waals surface area contributed by atoms with Gasteiger partial charge in [0.2, 0.25) is 5.92 Å². The fourth-order valence-corrected chi connectivity index (χ4v) is 4.37. The van der Waals surface area contributed by atoms with E-state index in [0.29, 0.717) is 42.0 Å². The number of nitrogens with zero attached hydrogens (tertiary/aromatic N) is 1. The molecule has 2 fully saturated rings. The lowest BCUT2D eigenvalue weighted by atomic mass is 9.87. The molecule has 2 heterocycles. The van der Waals surface area contributed by atoms with Gasteiger partial charge in [-0.05, 0) is 43.7 Å². The van der Waals surface area contributed by atoms with Crippen LogP contribution in [0.25, 0.3) is 10.9 Å². The van der Waals surface area contributed by atoms with E-state index in [1.54, 1.807) is 12.3 Å². The van der Waals surface area contributed by atoms with E-state index >= 15 is 0 Å². The van der Waals surface area contributed by atoms with Crippen molar-refractivity contribution in [3.63, 3.8) is 0 Å². The van der Waals surface area contributed by atoms with Crippen LogP contribution in [0.3, 0.4) is 0 Å². The molecule has 1 saturated heterocycles. The molecule has 1 aliphatic heterocycles. The Morgan fingerprint density at radius 2 is 2.07 bits per heavy atom. The van der Waals surface area contributed by atoms with Crippen LogP contribution in [-0.2, 0) is 4.74 Å². The van der Waals surface area contributed by atoms with Gasteiger partial charge >= 0.3 is 0 Å². The third-order valence-electron chi connectivity index (χ3n) is 5.66. The number of amides is 1. The summed E-state index contributed by atoms with van der Waals surface area (Å²) in [6, 6.07) is 5.56. The van der Waals surface area contributed by atoms with E-state index in [9.17, 15) is 13.6 Å². The molecule has 27 heavy (non-hydrogen) atoms. The average molecular weight is 397 g/mol. The number of carbonyl (C=O) groups excluding carboxylic acids is 1. The van der Waals surface area contributed by atoms with Crippen molar-refractivity contribution in [3.05, 3.63) is 35.0 Å². The number of halogens is 3. The minimum Gasteiger partial charge on any atom is -0.358 e. The maximum atomic E-state index is 13.3. The molecule has 0 radical (unpaired) electrons. The van der Waals surface area contributed by atoms with Gasteiger partial charge in [0.05, 0.1) is 16.1 Å². The topological polar surface area (TPSA) is 43.3 Å². The van der Waals surface area contributed by atoms with Crippen LogP contribution in [0.1, 0.15) is 55.1 Å². The van der Waals surface area contributed by atoms with Crippen molar-refractivity contribution >= 4 is 28.4 Å². The third-order valence-corrected chi connectivity index (χ3v) is 5.97. The Morgan fingerprint density at radius 1 is 1.30 bits per heavy atom. The maximum Gasteiger partial charge on any atom is 0.253 e. The van der Waals surface area contributed by atoms with Gasteiger partial charge in [-0.25, -0.2) is 8.78 Å². The zero-order valence-electron chi connectivity index (χ0n) is 15.0. The lowest BCUT2D eigenvalue weighted by molar-refractivity contribution is -0.0452. The summed E-state index contributed by atoms with van der Waals surface area (Å²) in [5.74, 6) is -2.68. The van der Waals surface area contributed by atoms with Gasteiger partial charge in [0.1, 0.15) is 6.23 Å². The molecule has 1 aromatic carbocycles. The van der Waals surface area contributed by atoms with Crippen molar-refractivity contribution in [2.75, 3.05) is 13.2 Å². The molecule has 2 aliphatic rings. The Morgan fingerprint density at radius 3 is 2.78 bits per heavy atom. The summed E-state index contributed by atoms with van der Waals surface area (Å²) in [5.41, 5.74) is 1.38. The summed E-state index contributed by atoms with van der Waals surface area (Å²) < 4.78 is 34.3. The number of aromatic nitrogens is 1. The molecule has 4 nitrogen and oxygen atoms in total. The van der Waals surface area contributed by atoms with E-state index in [1.165, 1.54) is 0 Å². The first-order chi connectivity index (χ1) is 12.9. The highest BCUT2D eigenvalue weighted by Gasteiger charge is 2.35. The summed E-state index contributed by atoms with van der Waals surface area (Å²) >= 11 is 6.39. The lowest BCUT2D eigenvalue weighted by Crippen LogP contribution is -2.33. The highest BCUT2D eigenvalue weighted by Crippen LogP contribution is 2.36. The third kappa shape index (κ3) is 3.83. The molecule has 0 spiro atoms. The van der Waals surface area contributed by atoms with Gasteiger partial charge in [-0.1, -0.05) is 17.7 Å². The number of carbonyl (C=O) groups is 1. The molecule has 2 aromatic rings. The van der Waals surface area contributed by atoms with Crippen molar-refractivity contribution in [1.29, 1.82) is 0 Å². The normalized spacial score (nSPS) is 23.0. The van der Waals surface area contributed by atoms with E-state index in [4.69, 9.17) is 16.3 Å². The average Bonchev–Trinajstić information content (AvgIpc) is 3.28. The van der Waals surface area contributed by atoms with Crippen LogP contribution in [0.5, 0.6) is 0 Å². The van der Waals surface area contributed by atoms with Crippen LogP contribution in [0.15, 0.2) is 24.4 Å². The van der Waals surface area contributed by atoms with Crippen LogP contribution in [-0.4, -0.2) is 29.5 Å². The summed E-state index contributed by atoms with van der Waals surface area (Å²) in [7, 11) is 0. The first-order valence-electron chi connectivity index (χ1n) is 9.51. The largest absolute Gasteiger partial charge is 0.358 e. The molecule has 1 atom stereocenters. The van der Waals surface area contributed by atoms with E-state index < -0.39 is 5.92 Å². The van der Waals surface area contributed by atoms with Gasteiger partial charge in [0.25, 0.3) is 5.91 Å². The Labute approximate surface area is 161 Å². The molecule has 1 aliphatic carbocycles. The molecule has 4 rings (SSSR count). The summed E-state index contributed by atoms with van der Waals surface area (Å²) in [6.07, 6.45) is 4.27. The van der Waals surface area contributed by atoms with E-state index in [-0.39, 0.29) is 30.9 Å². The minimum atomic E-state index is -2.55. The molecular formula is C20H23ClF2N2O2. The van der Waals surface area contributed by atoms with Crippen LogP contribution < -0.4 is 5.32 Å². The fourth-order valence-electron chi connectivity index (χ4n) is 4.09. The predicted octanol–water partition coefficient (Wildman–Crippen LogP) is 5.16. The second kappa shape index (κ2) is 7.40. The number of hydrogen-bond acceptors (Lipinski definition) is 2. The van der Waals surface area contributed by atoms with Gasteiger partial charge in [0, 0.05) is 37.6 Å². The first kappa shape index (κ1) is 18.7. The molecule has 7 heteroatoms. The number of rotatable bonds is 4. The molecular weight excluding hydrogens is 374 g/mol. The Kier molecular flexibility index (Phi) is 5.12. The Balaban J connectivity index is 1.53. The molecule has 1 amide bonds. The second-order valence-electron chi connectivity index (χ2n) is 7.56. The van der Waals surface area contributed by atoms with Gasteiger partial charge in [0.15, 0.2) is 0 Å². The zero-order chi connectivity index (χ0) is 19.0. The fraction of sp³-hybridized carbons (Fsp3) is 0.550. The standard InChI is InChI=1S/C20H23ClF2N2O2/c21-15-3-1-4-16-18(15)14(12-25(16)17-5-2-10-27-17)19(26)24-11-13-6-8-20(22,23)9-7-13/h1,3-4,12-13,17H,2,5-11H2,(H,24,26). The number of benzene rings is 1. The lowest BCUT2D eigenvalue weighted by Gasteiger charge is -2.28. The van der Waals surface area contributed by atoms with E-state index in [0.717, 1.165) is 18.4 Å². The Hall–Kier alpha value is -1.66. The Bertz CT molecular complexity index is 836. The number of ether oxygens (including phenoxy) is 1. The van der Waals surface area contributed by atoms with Crippen molar-refractivity contribution in [1.82, 2.24) is 9.88 Å². The van der Waals surface area contributed by atoms with E-state index in [1.807, 2.05) is 16.7 Å². The monoisotopic (exact) mass is 396 g/mol. The number of hydrogen-bond donors (Lipinski definition) is 1. The summed E-state index contributed by atoms with van der Waals surface area (Å²) in [6.45, 7) is 1.12. The molecule has 146 valence electrons. The van der Waals surface area contributed by atoms with Crippen LogP contribution in [0.2, 0.25) is 5.02 Å². The first-order valence-corrected chi connectivity index (χ1v) is 9.89. The minimum absolute atomic E-state index is 0.0897. The van der Waals surface area contributed by atoms with Crippen molar-refractivity contribution in [2.45, 2.75) is 50.7 Å². The number of alkyl halides is 2. The smallest absolute Gasteiger partial charge is 0.253 e. The zero-order valence-corrected chi connectivity index (χ0v) is 15.8. The van der Waals surface area contributed by atoms with Gasteiger partial charge < -0.3 is 14.6 Å². The van der Waals surface area contributed by atoms with Crippen molar-refractivity contribution in [2.24, 2.45) is 5.92 Å². The van der Waals surface area contributed by atoms with E-state index in [2.05, 4.69) is 5.32 Å². The maximum absolute atomic E-state index is 13.3. The second-order valence-corrected chi connectivity index (χ2v) is 7.97. The number of fused-ring (bicyclic) bond motifs is 1. The summed E-state index contributed by atoms with van der Waals surface area (Å²) in [4.78, 5) is 12.8.